The van der Waals surface area contributed by atoms with Crippen LogP contribution in [0.3, 0.4) is 0 Å². The van der Waals surface area contributed by atoms with Crippen LogP contribution in [0.5, 0.6) is 0 Å². The van der Waals surface area contributed by atoms with E-state index in [2.05, 4.69) is 9.97 Å². The Labute approximate surface area is 226 Å². The van der Waals surface area contributed by atoms with Crippen molar-refractivity contribution in [3.8, 4) is 11.3 Å². The first-order valence-electron chi connectivity index (χ1n) is 12.5. The number of imidazole rings is 1. The molecule has 4 aromatic carbocycles. The molecule has 0 spiro atoms. The molecule has 7 nitrogen and oxygen atoms in total. The van der Waals surface area contributed by atoms with Crippen LogP contribution >= 0.6 is 11.8 Å². The molecule has 0 saturated carbocycles. The minimum atomic E-state index is -0.480. The molecule has 0 radical (unpaired) electrons. The fraction of sp³-hybridized carbons (Fsp3) is 0.0323. The van der Waals surface area contributed by atoms with Crippen LogP contribution in [0.2, 0.25) is 0 Å². The standard InChI is InChI=1S/C31H21N5O2S/c37-29-26(32-21-15-7-8-16-22(21)33-29)28(20-13-5-2-6-14-20)39-31-35-25(19-11-3-1-4-12-19)27-30(38)34-23-17-9-10-18-24(23)36(27)31/h1-18,28H,(H,33,37)(H,34,38). The molecule has 3 aromatic heterocycles. The van der Waals surface area contributed by atoms with Gasteiger partial charge in [0.25, 0.3) is 11.1 Å². The van der Waals surface area contributed by atoms with Gasteiger partial charge >= 0.3 is 0 Å². The number of thioether (sulfide) groups is 1. The lowest BCUT2D eigenvalue weighted by molar-refractivity contribution is 0.954. The minimum absolute atomic E-state index is 0.232. The molecule has 0 amide bonds. The SMILES string of the molecule is O=c1[nH]c2ccccc2nc1C(Sc1nc(-c2ccccc2)c2c(=O)[nH]c3ccccc3n12)c1ccccc1. The van der Waals surface area contributed by atoms with E-state index in [1.54, 1.807) is 0 Å². The first kappa shape index (κ1) is 23.2. The zero-order valence-electron chi connectivity index (χ0n) is 20.5. The number of fused-ring (bicyclic) bond motifs is 4. The molecule has 1 unspecified atom stereocenters. The van der Waals surface area contributed by atoms with E-state index in [1.165, 1.54) is 11.8 Å². The maximum absolute atomic E-state index is 13.4. The van der Waals surface area contributed by atoms with Gasteiger partial charge in [-0.3, -0.25) is 14.0 Å². The molecule has 7 rings (SSSR count). The van der Waals surface area contributed by atoms with Gasteiger partial charge in [-0.2, -0.15) is 0 Å². The summed E-state index contributed by atoms with van der Waals surface area (Å²) in [5.41, 5.74) is 5.55. The number of nitrogens with one attached hydrogen (secondary N) is 2. The molecule has 0 saturated heterocycles. The molecule has 8 heteroatoms. The second-order valence-electron chi connectivity index (χ2n) is 9.14. The highest BCUT2D eigenvalue weighted by Crippen LogP contribution is 2.40. The maximum atomic E-state index is 13.4. The van der Waals surface area contributed by atoms with Gasteiger partial charge in [0.15, 0.2) is 5.16 Å². The summed E-state index contributed by atoms with van der Waals surface area (Å²) < 4.78 is 1.90. The molecule has 1 atom stereocenters. The number of aromatic nitrogens is 5. The van der Waals surface area contributed by atoms with Gasteiger partial charge in [0.05, 0.1) is 27.3 Å². The van der Waals surface area contributed by atoms with E-state index in [9.17, 15) is 9.59 Å². The van der Waals surface area contributed by atoms with Crippen molar-refractivity contribution in [3.05, 3.63) is 141 Å². The molecule has 39 heavy (non-hydrogen) atoms. The number of rotatable bonds is 5. The second-order valence-corrected chi connectivity index (χ2v) is 10.2. The summed E-state index contributed by atoms with van der Waals surface area (Å²) in [7, 11) is 0. The third kappa shape index (κ3) is 4.02. The summed E-state index contributed by atoms with van der Waals surface area (Å²) in [4.78, 5) is 42.6. The van der Waals surface area contributed by atoms with E-state index < -0.39 is 5.25 Å². The van der Waals surface area contributed by atoms with Crippen LogP contribution in [0.4, 0.5) is 0 Å². The van der Waals surface area contributed by atoms with E-state index >= 15 is 0 Å². The molecule has 3 heterocycles. The number of hydrogen-bond acceptors (Lipinski definition) is 5. The Hall–Kier alpha value is -4.95. The number of nitrogens with zero attached hydrogens (tertiary/aromatic N) is 3. The zero-order chi connectivity index (χ0) is 26.3. The molecule has 188 valence electrons. The van der Waals surface area contributed by atoms with Crippen LogP contribution in [0.25, 0.3) is 38.8 Å². The van der Waals surface area contributed by atoms with Gasteiger partial charge in [-0.05, 0) is 29.8 Å². The van der Waals surface area contributed by atoms with Crippen LogP contribution in [0, 0.1) is 0 Å². The summed E-state index contributed by atoms with van der Waals surface area (Å²) in [6.07, 6.45) is 0. The first-order valence-corrected chi connectivity index (χ1v) is 13.3. The molecule has 7 aromatic rings. The Balaban J connectivity index is 1.51. The monoisotopic (exact) mass is 527 g/mol. The first-order chi connectivity index (χ1) is 19.2. The van der Waals surface area contributed by atoms with Crippen molar-refractivity contribution in [3.63, 3.8) is 0 Å². The average Bonchev–Trinajstić information content (AvgIpc) is 3.37. The predicted octanol–water partition coefficient (Wildman–Crippen LogP) is 5.96. The van der Waals surface area contributed by atoms with Gasteiger partial charge in [0, 0.05) is 5.56 Å². The Kier molecular flexibility index (Phi) is 5.60. The molecular weight excluding hydrogens is 506 g/mol. The Morgan fingerprint density at radius 3 is 2.10 bits per heavy atom. The fourth-order valence-corrected chi connectivity index (χ4v) is 6.12. The van der Waals surface area contributed by atoms with E-state index in [1.807, 2.05) is 114 Å². The van der Waals surface area contributed by atoms with Crippen LogP contribution in [-0.2, 0) is 0 Å². The maximum Gasteiger partial charge on any atom is 0.275 e. The average molecular weight is 528 g/mol. The van der Waals surface area contributed by atoms with Crippen molar-refractivity contribution < 1.29 is 0 Å². The van der Waals surface area contributed by atoms with Gasteiger partial charge in [0.1, 0.15) is 16.9 Å². The summed E-state index contributed by atoms with van der Waals surface area (Å²) in [6.45, 7) is 0. The second kappa shape index (κ2) is 9.41. The summed E-state index contributed by atoms with van der Waals surface area (Å²) in [5, 5.41) is 0.112. The Morgan fingerprint density at radius 1 is 0.667 bits per heavy atom. The highest BCUT2D eigenvalue weighted by Gasteiger charge is 2.26. The van der Waals surface area contributed by atoms with Crippen molar-refractivity contribution in [2.75, 3.05) is 0 Å². The normalized spacial score (nSPS) is 12.3. The van der Waals surface area contributed by atoms with Crippen molar-refractivity contribution in [1.82, 2.24) is 24.3 Å². The highest BCUT2D eigenvalue weighted by molar-refractivity contribution is 7.99. The van der Waals surface area contributed by atoms with Gasteiger partial charge in [0.2, 0.25) is 0 Å². The molecule has 0 aliphatic carbocycles. The van der Waals surface area contributed by atoms with E-state index in [4.69, 9.17) is 9.97 Å². The Bertz CT molecular complexity index is 2100. The zero-order valence-corrected chi connectivity index (χ0v) is 21.4. The van der Waals surface area contributed by atoms with Gasteiger partial charge < -0.3 is 9.97 Å². The van der Waals surface area contributed by atoms with Crippen LogP contribution in [0.15, 0.2) is 124 Å². The topological polar surface area (TPSA) is 95.9 Å². The molecule has 0 aliphatic heterocycles. The van der Waals surface area contributed by atoms with Crippen LogP contribution in [0.1, 0.15) is 16.5 Å². The van der Waals surface area contributed by atoms with Gasteiger partial charge in [-0.15, -0.1) is 0 Å². The quantitative estimate of drug-likeness (QED) is 0.269. The Morgan fingerprint density at radius 2 is 1.31 bits per heavy atom. The molecular formula is C31H21N5O2S. The fourth-order valence-electron chi connectivity index (χ4n) is 4.90. The third-order valence-corrected chi connectivity index (χ3v) is 7.92. The molecule has 0 aliphatic rings. The predicted molar refractivity (Wildman–Crippen MR) is 155 cm³/mol. The van der Waals surface area contributed by atoms with Crippen LogP contribution in [-0.4, -0.2) is 24.3 Å². The lowest BCUT2D eigenvalue weighted by Gasteiger charge is -2.16. The number of benzene rings is 4. The molecule has 0 bridgehead atoms. The van der Waals surface area contributed by atoms with Gasteiger partial charge in [-0.1, -0.05) is 96.7 Å². The summed E-state index contributed by atoms with van der Waals surface area (Å²) >= 11 is 1.40. The lowest BCUT2D eigenvalue weighted by Crippen LogP contribution is -2.18. The smallest absolute Gasteiger partial charge is 0.275 e. The third-order valence-electron chi connectivity index (χ3n) is 6.70. The van der Waals surface area contributed by atoms with Crippen LogP contribution < -0.4 is 11.1 Å². The highest BCUT2D eigenvalue weighted by atomic mass is 32.2. The van der Waals surface area contributed by atoms with E-state index in [-0.39, 0.29) is 11.1 Å². The number of para-hydroxylation sites is 4. The van der Waals surface area contributed by atoms with E-state index in [0.29, 0.717) is 38.6 Å². The molecule has 0 fully saturated rings. The minimum Gasteiger partial charge on any atom is -0.319 e. The molecule has 2 N–H and O–H groups in total. The number of H-pyrrole nitrogens is 2. The van der Waals surface area contributed by atoms with Crippen molar-refractivity contribution in [2.24, 2.45) is 0 Å². The number of hydrogen-bond donors (Lipinski definition) is 2. The van der Waals surface area contributed by atoms with Crippen molar-refractivity contribution >= 4 is 39.3 Å². The largest absolute Gasteiger partial charge is 0.319 e. The van der Waals surface area contributed by atoms with Gasteiger partial charge in [-0.25, -0.2) is 9.97 Å². The number of aromatic amines is 2. The van der Waals surface area contributed by atoms with Crippen molar-refractivity contribution in [2.45, 2.75) is 10.4 Å². The van der Waals surface area contributed by atoms with Crippen molar-refractivity contribution in [1.29, 1.82) is 0 Å². The van der Waals surface area contributed by atoms with E-state index in [0.717, 1.165) is 16.6 Å². The lowest BCUT2D eigenvalue weighted by atomic mass is 10.1. The summed E-state index contributed by atoms with van der Waals surface area (Å²) in [5.74, 6) is 0. The summed E-state index contributed by atoms with van der Waals surface area (Å²) in [6, 6.07) is 34.6.